The Morgan fingerprint density at radius 1 is 1.57 bits per heavy atom. The number of sulfone groups is 1. The molecule has 0 bridgehead atoms. The normalized spacial score (nSPS) is 21.3. The van der Waals surface area contributed by atoms with E-state index in [4.69, 9.17) is 0 Å². The predicted molar refractivity (Wildman–Crippen MR) is 86.5 cm³/mol. The van der Waals surface area contributed by atoms with Crippen molar-refractivity contribution in [1.82, 2.24) is 15.2 Å². The Balaban J connectivity index is 2.02. The van der Waals surface area contributed by atoms with Gasteiger partial charge in [0, 0.05) is 31.2 Å². The molecule has 0 saturated carbocycles. The molecule has 1 saturated heterocycles. The van der Waals surface area contributed by atoms with E-state index in [1.807, 2.05) is 18.0 Å². The van der Waals surface area contributed by atoms with Crippen LogP contribution in [0.25, 0.3) is 0 Å². The highest BCUT2D eigenvalue weighted by molar-refractivity contribution is 7.92. The van der Waals surface area contributed by atoms with Gasteiger partial charge in [0.25, 0.3) is 0 Å². The Morgan fingerprint density at radius 2 is 2.29 bits per heavy atom. The molecule has 1 aromatic heterocycles. The SMILES string of the molecule is CN=C(NCc1ncc(C)s1)N1CCS(=O)(=O)C(C)(C)C1. The number of aromatic nitrogens is 1. The van der Waals surface area contributed by atoms with Crippen molar-refractivity contribution in [2.75, 3.05) is 25.9 Å². The average Bonchev–Trinajstić information content (AvgIpc) is 2.80. The first-order valence-electron chi connectivity index (χ1n) is 6.84. The smallest absolute Gasteiger partial charge is 0.194 e. The van der Waals surface area contributed by atoms with Gasteiger partial charge in [-0.25, -0.2) is 13.4 Å². The summed E-state index contributed by atoms with van der Waals surface area (Å²) in [5.74, 6) is 0.891. The van der Waals surface area contributed by atoms with Gasteiger partial charge >= 0.3 is 0 Å². The third kappa shape index (κ3) is 3.55. The lowest BCUT2D eigenvalue weighted by atomic mass is 10.2. The highest BCUT2D eigenvalue weighted by atomic mass is 32.2. The zero-order chi connectivity index (χ0) is 15.7. The quantitative estimate of drug-likeness (QED) is 0.648. The maximum absolute atomic E-state index is 12.0. The van der Waals surface area contributed by atoms with E-state index in [0.29, 0.717) is 19.6 Å². The van der Waals surface area contributed by atoms with E-state index < -0.39 is 14.6 Å². The zero-order valence-electron chi connectivity index (χ0n) is 12.9. The summed E-state index contributed by atoms with van der Waals surface area (Å²) < 4.78 is 23.3. The number of nitrogens with zero attached hydrogens (tertiary/aromatic N) is 3. The van der Waals surface area contributed by atoms with Crippen LogP contribution < -0.4 is 5.32 Å². The molecule has 0 radical (unpaired) electrons. The Kier molecular flexibility index (Phi) is 4.57. The van der Waals surface area contributed by atoms with Crippen LogP contribution in [0.4, 0.5) is 0 Å². The van der Waals surface area contributed by atoms with E-state index in [-0.39, 0.29) is 5.75 Å². The first-order chi connectivity index (χ1) is 9.75. The lowest BCUT2D eigenvalue weighted by Crippen LogP contribution is -2.57. The lowest BCUT2D eigenvalue weighted by Gasteiger charge is -2.39. The van der Waals surface area contributed by atoms with Crippen LogP contribution >= 0.6 is 11.3 Å². The van der Waals surface area contributed by atoms with Crippen molar-refractivity contribution >= 4 is 27.1 Å². The Bertz CT molecular complexity index is 634. The van der Waals surface area contributed by atoms with Crippen LogP contribution in [0.3, 0.4) is 0 Å². The number of thiazole rings is 1. The third-order valence-electron chi connectivity index (χ3n) is 3.62. The van der Waals surface area contributed by atoms with E-state index in [0.717, 1.165) is 11.0 Å². The average molecular weight is 330 g/mol. The fraction of sp³-hybridized carbons (Fsp3) is 0.692. The Hall–Kier alpha value is -1.15. The van der Waals surface area contributed by atoms with Gasteiger partial charge < -0.3 is 10.2 Å². The fourth-order valence-electron chi connectivity index (χ4n) is 2.29. The third-order valence-corrected chi connectivity index (χ3v) is 7.07. The predicted octanol–water partition coefficient (Wildman–Crippen LogP) is 1.04. The van der Waals surface area contributed by atoms with Crippen molar-refractivity contribution in [2.45, 2.75) is 32.1 Å². The molecule has 1 fully saturated rings. The van der Waals surface area contributed by atoms with E-state index in [1.54, 1.807) is 32.2 Å². The van der Waals surface area contributed by atoms with E-state index in [9.17, 15) is 8.42 Å². The van der Waals surface area contributed by atoms with E-state index in [2.05, 4.69) is 15.3 Å². The zero-order valence-corrected chi connectivity index (χ0v) is 14.5. The van der Waals surface area contributed by atoms with Gasteiger partial charge in [0.1, 0.15) is 5.01 Å². The minimum Gasteiger partial charge on any atom is -0.350 e. The minimum absolute atomic E-state index is 0.164. The molecular weight excluding hydrogens is 308 g/mol. The maximum atomic E-state index is 12.0. The summed E-state index contributed by atoms with van der Waals surface area (Å²) in [5.41, 5.74) is 0. The van der Waals surface area contributed by atoms with Crippen LogP contribution in [0.15, 0.2) is 11.2 Å². The van der Waals surface area contributed by atoms with E-state index in [1.165, 1.54) is 4.88 Å². The van der Waals surface area contributed by atoms with Crippen LogP contribution in [-0.4, -0.2) is 54.9 Å². The van der Waals surface area contributed by atoms with Gasteiger partial charge in [-0.05, 0) is 20.8 Å². The highest BCUT2D eigenvalue weighted by Gasteiger charge is 2.40. The molecule has 118 valence electrons. The lowest BCUT2D eigenvalue weighted by molar-refractivity contribution is 0.353. The second kappa shape index (κ2) is 5.92. The van der Waals surface area contributed by atoms with Gasteiger partial charge in [-0.2, -0.15) is 0 Å². The number of guanidine groups is 1. The summed E-state index contributed by atoms with van der Waals surface area (Å²) >= 11 is 1.64. The van der Waals surface area contributed by atoms with Gasteiger partial charge in [-0.3, -0.25) is 4.99 Å². The second-order valence-electron chi connectivity index (χ2n) is 5.77. The molecular formula is C13H22N4O2S2. The van der Waals surface area contributed by atoms with Crippen molar-refractivity contribution < 1.29 is 8.42 Å². The van der Waals surface area contributed by atoms with Crippen LogP contribution in [0, 0.1) is 6.92 Å². The minimum atomic E-state index is -3.03. The van der Waals surface area contributed by atoms with Crippen molar-refractivity contribution in [1.29, 1.82) is 0 Å². The van der Waals surface area contributed by atoms with Crippen molar-refractivity contribution in [2.24, 2.45) is 4.99 Å². The van der Waals surface area contributed by atoms with Crippen LogP contribution in [0.1, 0.15) is 23.7 Å². The molecule has 21 heavy (non-hydrogen) atoms. The number of nitrogens with one attached hydrogen (secondary N) is 1. The van der Waals surface area contributed by atoms with Gasteiger partial charge in [-0.1, -0.05) is 0 Å². The number of hydrogen-bond acceptors (Lipinski definition) is 5. The fourth-order valence-corrected chi connectivity index (χ4v) is 4.39. The monoisotopic (exact) mass is 330 g/mol. The molecule has 0 unspecified atom stereocenters. The number of hydrogen-bond donors (Lipinski definition) is 1. The van der Waals surface area contributed by atoms with Crippen LogP contribution in [-0.2, 0) is 16.4 Å². The molecule has 1 N–H and O–H groups in total. The molecule has 0 aromatic carbocycles. The summed E-state index contributed by atoms with van der Waals surface area (Å²) in [6.07, 6.45) is 1.85. The molecule has 0 aliphatic carbocycles. The van der Waals surface area contributed by atoms with Crippen molar-refractivity contribution in [3.8, 4) is 0 Å². The van der Waals surface area contributed by atoms with Gasteiger partial charge in [0.05, 0.1) is 17.0 Å². The van der Waals surface area contributed by atoms with Crippen molar-refractivity contribution in [3.05, 3.63) is 16.1 Å². The summed E-state index contributed by atoms with van der Waals surface area (Å²) in [6.45, 7) is 7.09. The Labute approximate surface area is 130 Å². The topological polar surface area (TPSA) is 74.7 Å². The standard InChI is InChI=1S/C13H22N4O2S2/c1-10-7-15-11(20-10)8-16-12(14-4)17-5-6-21(18,19)13(2,3)9-17/h7H,5-6,8-9H2,1-4H3,(H,14,16). The van der Waals surface area contributed by atoms with Gasteiger partial charge in [0.15, 0.2) is 15.8 Å². The molecule has 0 atom stereocenters. The molecule has 8 heteroatoms. The molecule has 1 aliphatic heterocycles. The second-order valence-corrected chi connectivity index (χ2v) is 9.83. The highest BCUT2D eigenvalue weighted by Crippen LogP contribution is 2.23. The molecule has 0 amide bonds. The summed E-state index contributed by atoms with van der Waals surface area (Å²) in [7, 11) is -1.32. The first-order valence-corrected chi connectivity index (χ1v) is 9.31. The molecule has 1 aliphatic rings. The van der Waals surface area contributed by atoms with Crippen LogP contribution in [0.2, 0.25) is 0 Å². The van der Waals surface area contributed by atoms with E-state index >= 15 is 0 Å². The van der Waals surface area contributed by atoms with Crippen LogP contribution in [0.5, 0.6) is 0 Å². The molecule has 0 spiro atoms. The Morgan fingerprint density at radius 3 is 2.81 bits per heavy atom. The summed E-state index contributed by atoms with van der Waals surface area (Å²) in [5, 5.41) is 4.26. The summed E-state index contributed by atoms with van der Waals surface area (Å²) in [6, 6.07) is 0. The maximum Gasteiger partial charge on any atom is 0.194 e. The number of rotatable bonds is 2. The van der Waals surface area contributed by atoms with Gasteiger partial charge in [0.2, 0.25) is 0 Å². The molecule has 6 nitrogen and oxygen atoms in total. The van der Waals surface area contributed by atoms with Crippen molar-refractivity contribution in [3.63, 3.8) is 0 Å². The first kappa shape index (κ1) is 16.2. The number of aryl methyl sites for hydroxylation is 1. The number of aliphatic imine (C=N–C) groups is 1. The largest absolute Gasteiger partial charge is 0.350 e. The summed E-state index contributed by atoms with van der Waals surface area (Å²) in [4.78, 5) is 11.7. The molecule has 1 aromatic rings. The molecule has 2 heterocycles. The van der Waals surface area contributed by atoms with Gasteiger partial charge in [-0.15, -0.1) is 11.3 Å². The molecule has 2 rings (SSSR count).